The van der Waals surface area contributed by atoms with Gasteiger partial charge in [0.05, 0.1) is 5.03 Å². The highest BCUT2D eigenvalue weighted by molar-refractivity contribution is 8.01. The zero-order valence-corrected chi connectivity index (χ0v) is 32.4. The molecule has 268 valence electrons. The van der Waals surface area contributed by atoms with Crippen LogP contribution in [0.2, 0.25) is 0 Å². The molecule has 4 heterocycles. The molecule has 2 aliphatic rings. The molecule has 0 radical (unpaired) electrons. The van der Waals surface area contributed by atoms with Gasteiger partial charge in [-0.2, -0.15) is 0 Å². The molecule has 9 aromatic rings. The van der Waals surface area contributed by atoms with Gasteiger partial charge in [0.15, 0.2) is 0 Å². The predicted octanol–water partition coefficient (Wildman–Crippen LogP) is 11.7. The first-order valence-electron chi connectivity index (χ1n) is 19.1. The van der Waals surface area contributed by atoms with Gasteiger partial charge in [0.25, 0.3) is 0 Å². The summed E-state index contributed by atoms with van der Waals surface area (Å²) in [6, 6.07) is 67.2. The fraction of sp³-hybridized carbons (Fsp3) is 0. The molecule has 0 atom stereocenters. The molecule has 57 heavy (non-hydrogen) atoms. The van der Waals surface area contributed by atoms with Crippen LogP contribution in [0.4, 0.5) is 34.3 Å². The summed E-state index contributed by atoms with van der Waals surface area (Å²) >= 11 is 3.55. The summed E-state index contributed by atoms with van der Waals surface area (Å²) in [6.45, 7) is 0.0443. The average Bonchev–Trinajstić information content (AvgIpc) is 3.27. The van der Waals surface area contributed by atoms with E-state index in [1.165, 1.54) is 48.1 Å². The zero-order valence-electron chi connectivity index (χ0n) is 30.7. The fourth-order valence-corrected chi connectivity index (χ4v) is 10.7. The second kappa shape index (κ2) is 14.2. The van der Waals surface area contributed by atoms with E-state index < -0.39 is 0 Å². The maximum absolute atomic E-state index is 5.51. The maximum Gasteiger partial charge on any atom is 0.249 e. The number of para-hydroxylation sites is 3. The summed E-state index contributed by atoms with van der Waals surface area (Å²) in [5.41, 5.74) is 11.7. The van der Waals surface area contributed by atoms with E-state index in [9.17, 15) is 0 Å². The van der Waals surface area contributed by atoms with Gasteiger partial charge in [-0.15, -0.1) is 0 Å². The van der Waals surface area contributed by atoms with E-state index in [4.69, 9.17) is 9.97 Å². The van der Waals surface area contributed by atoms with Crippen molar-refractivity contribution in [3.63, 3.8) is 0 Å². The lowest BCUT2D eigenvalue weighted by Crippen LogP contribution is -2.58. The molecule has 0 saturated heterocycles. The summed E-state index contributed by atoms with van der Waals surface area (Å²) in [5, 5.41) is 3.48. The second-order valence-electron chi connectivity index (χ2n) is 14.2. The molecule has 7 aromatic carbocycles. The highest BCUT2D eigenvalue weighted by Gasteiger charge is 2.39. The zero-order chi connectivity index (χ0) is 37.7. The third-order valence-electron chi connectivity index (χ3n) is 10.9. The highest BCUT2D eigenvalue weighted by atomic mass is 32.2. The third kappa shape index (κ3) is 5.98. The van der Waals surface area contributed by atoms with Gasteiger partial charge in [0.1, 0.15) is 5.82 Å². The Labute approximate surface area is 341 Å². The van der Waals surface area contributed by atoms with Crippen LogP contribution in [0.25, 0.3) is 21.9 Å². The standard InChI is InChI=1S/C50H33BN4S2/c1-4-17-36(18-5-1)54(37-19-6-2-7-20-37)40-26-27-43-45(31-40)56-46-32-52-33-47-49(46)51(43)44-28-29-48(53-50(44)57-47)55(38-21-8-3-9-22-38)39-23-12-16-35(30-39)42-25-13-15-34-14-10-11-24-41(34)42/h1-33H. The molecule has 2 aromatic heterocycles. The van der Waals surface area contributed by atoms with Gasteiger partial charge in [-0.3, -0.25) is 9.88 Å². The quantitative estimate of drug-likeness (QED) is 0.150. The lowest BCUT2D eigenvalue weighted by molar-refractivity contribution is 1.09. The van der Waals surface area contributed by atoms with Crippen LogP contribution in [0.5, 0.6) is 0 Å². The van der Waals surface area contributed by atoms with Crippen molar-refractivity contribution in [3.05, 3.63) is 200 Å². The van der Waals surface area contributed by atoms with E-state index in [2.05, 4.69) is 198 Å². The van der Waals surface area contributed by atoms with E-state index in [0.717, 1.165) is 44.2 Å². The van der Waals surface area contributed by atoms with Crippen molar-refractivity contribution in [3.8, 4) is 11.1 Å². The number of hydrogen-bond acceptors (Lipinski definition) is 6. The molecule has 0 saturated carbocycles. The molecule has 0 aliphatic carbocycles. The van der Waals surface area contributed by atoms with Crippen molar-refractivity contribution >= 4 is 91.7 Å². The van der Waals surface area contributed by atoms with Gasteiger partial charge in [-0.25, -0.2) is 4.98 Å². The van der Waals surface area contributed by atoms with Crippen LogP contribution in [0, 0.1) is 0 Å². The first kappa shape index (κ1) is 33.8. The van der Waals surface area contributed by atoms with E-state index in [1.807, 2.05) is 24.2 Å². The average molecular weight is 765 g/mol. The lowest BCUT2D eigenvalue weighted by atomic mass is 9.36. The van der Waals surface area contributed by atoms with Gasteiger partial charge in [-0.1, -0.05) is 150 Å². The van der Waals surface area contributed by atoms with Gasteiger partial charge in [0.2, 0.25) is 6.71 Å². The highest BCUT2D eigenvalue weighted by Crippen LogP contribution is 2.43. The van der Waals surface area contributed by atoms with E-state index >= 15 is 0 Å². The SMILES string of the molecule is c1ccc(N(c2ccccc2)c2ccc3c(c2)Sc2cncc4c2B3c2ccc(N(c3ccccc3)c3cccc(-c5cccc6ccccc56)c3)nc2S4)cc1. The molecule has 0 spiro atoms. The number of nitrogens with zero attached hydrogens (tertiary/aromatic N) is 4. The smallest absolute Gasteiger partial charge is 0.249 e. The van der Waals surface area contributed by atoms with Gasteiger partial charge >= 0.3 is 0 Å². The topological polar surface area (TPSA) is 32.3 Å². The Bertz CT molecular complexity index is 2900. The number of hydrogen-bond donors (Lipinski definition) is 0. The summed E-state index contributed by atoms with van der Waals surface area (Å²) in [4.78, 5) is 18.5. The van der Waals surface area contributed by atoms with Crippen molar-refractivity contribution in [2.75, 3.05) is 9.80 Å². The molecule has 7 heteroatoms. The monoisotopic (exact) mass is 764 g/mol. The Morgan fingerprint density at radius 2 is 1.04 bits per heavy atom. The number of rotatable bonds is 7. The number of pyridine rings is 2. The Balaban J connectivity index is 1.02. The number of anilines is 6. The number of fused-ring (bicyclic) bond motifs is 5. The molecule has 2 aliphatic heterocycles. The van der Waals surface area contributed by atoms with Crippen LogP contribution in [0.15, 0.2) is 220 Å². The van der Waals surface area contributed by atoms with Crippen LogP contribution in [0.1, 0.15) is 0 Å². The molecule has 11 rings (SSSR count). The Kier molecular flexibility index (Phi) is 8.41. The summed E-state index contributed by atoms with van der Waals surface area (Å²) in [5.74, 6) is 0.872. The van der Waals surface area contributed by atoms with Crippen molar-refractivity contribution < 1.29 is 0 Å². The summed E-state index contributed by atoms with van der Waals surface area (Å²) in [7, 11) is 0. The third-order valence-corrected chi connectivity index (χ3v) is 13.0. The Morgan fingerprint density at radius 1 is 0.439 bits per heavy atom. The molecule has 0 bridgehead atoms. The summed E-state index contributed by atoms with van der Waals surface area (Å²) in [6.07, 6.45) is 4.05. The van der Waals surface area contributed by atoms with Crippen molar-refractivity contribution in [1.82, 2.24) is 9.97 Å². The molecule has 4 nitrogen and oxygen atoms in total. The van der Waals surface area contributed by atoms with Crippen molar-refractivity contribution in [1.29, 1.82) is 0 Å². The van der Waals surface area contributed by atoms with Gasteiger partial charge < -0.3 is 4.90 Å². The van der Waals surface area contributed by atoms with Crippen LogP contribution in [-0.2, 0) is 0 Å². The minimum absolute atomic E-state index is 0.0443. The minimum atomic E-state index is 0.0443. The van der Waals surface area contributed by atoms with Crippen LogP contribution in [0.3, 0.4) is 0 Å². The predicted molar refractivity (Wildman–Crippen MR) is 240 cm³/mol. The molecule has 0 unspecified atom stereocenters. The largest absolute Gasteiger partial charge is 0.310 e. The Hall–Kier alpha value is -6.54. The molecule has 0 amide bonds. The van der Waals surface area contributed by atoms with Crippen LogP contribution < -0.4 is 26.2 Å². The second-order valence-corrected chi connectivity index (χ2v) is 16.3. The van der Waals surface area contributed by atoms with E-state index in [1.54, 1.807) is 11.8 Å². The van der Waals surface area contributed by atoms with E-state index in [0.29, 0.717) is 0 Å². The molecular formula is C50H33BN4S2. The van der Waals surface area contributed by atoms with Gasteiger partial charge in [-0.05, 0) is 99.6 Å². The molecule has 0 N–H and O–H groups in total. The number of benzene rings is 7. The van der Waals surface area contributed by atoms with Crippen molar-refractivity contribution in [2.24, 2.45) is 0 Å². The number of aromatic nitrogens is 2. The molecular weight excluding hydrogens is 732 g/mol. The normalized spacial score (nSPS) is 12.4. The van der Waals surface area contributed by atoms with Crippen LogP contribution in [-0.4, -0.2) is 16.7 Å². The molecule has 0 fully saturated rings. The first-order valence-corrected chi connectivity index (χ1v) is 20.7. The van der Waals surface area contributed by atoms with E-state index in [-0.39, 0.29) is 6.71 Å². The van der Waals surface area contributed by atoms with Gasteiger partial charge in [0, 0.05) is 55.5 Å². The fourth-order valence-electron chi connectivity index (χ4n) is 8.32. The maximum atomic E-state index is 5.51. The van der Waals surface area contributed by atoms with Crippen molar-refractivity contribution in [2.45, 2.75) is 19.7 Å². The first-order chi connectivity index (χ1) is 28.3. The minimum Gasteiger partial charge on any atom is -0.310 e. The summed E-state index contributed by atoms with van der Waals surface area (Å²) < 4.78 is 0. The Morgan fingerprint density at radius 3 is 1.79 bits per heavy atom. The lowest BCUT2D eigenvalue weighted by Gasteiger charge is -2.34. The van der Waals surface area contributed by atoms with Crippen LogP contribution >= 0.6 is 23.5 Å².